The number of carbonyl (C=O) groups excluding carboxylic acids is 1. The Hall–Kier alpha value is -1.69. The van der Waals surface area contributed by atoms with Crippen molar-refractivity contribution in [2.45, 2.75) is 57.5 Å². The van der Waals surface area contributed by atoms with Crippen molar-refractivity contribution in [3.8, 4) is 0 Å². The van der Waals surface area contributed by atoms with Crippen molar-refractivity contribution in [2.24, 2.45) is 0 Å². The van der Waals surface area contributed by atoms with Crippen molar-refractivity contribution in [3.05, 3.63) is 17.3 Å². The maximum atomic E-state index is 11.7. The lowest BCUT2D eigenvalue weighted by Gasteiger charge is -2.45. The summed E-state index contributed by atoms with van der Waals surface area (Å²) in [6, 6.07) is 3.19. The van der Waals surface area contributed by atoms with E-state index in [9.17, 15) is 4.79 Å². The summed E-state index contributed by atoms with van der Waals surface area (Å²) in [5, 5.41) is 8.91. The number of carbonyl (C=O) groups is 1. The average Bonchev–Trinajstić information content (AvgIpc) is 3.01. The lowest BCUT2D eigenvalue weighted by molar-refractivity contribution is -0.130. The van der Waals surface area contributed by atoms with Gasteiger partial charge in [0, 0.05) is 45.2 Å². The normalized spacial score (nSPS) is 23.7. The molecular weight excluding hydrogens is 314 g/mol. The number of rotatable bonds is 4. The Balaban J connectivity index is 1.32. The zero-order chi connectivity index (χ0) is 17.4. The minimum absolute atomic E-state index is 0.218. The van der Waals surface area contributed by atoms with Gasteiger partial charge in [-0.3, -0.25) is 9.69 Å². The van der Waals surface area contributed by atoms with Gasteiger partial charge in [-0.25, -0.2) is 0 Å². The van der Waals surface area contributed by atoms with Crippen LogP contribution in [-0.4, -0.2) is 71.2 Å². The van der Waals surface area contributed by atoms with Gasteiger partial charge in [0.2, 0.25) is 5.91 Å². The number of amides is 1. The van der Waals surface area contributed by atoms with Gasteiger partial charge >= 0.3 is 0 Å². The topological polar surface area (TPSA) is 52.6 Å². The summed E-state index contributed by atoms with van der Waals surface area (Å²) in [4.78, 5) is 18.5. The second-order valence-corrected chi connectivity index (χ2v) is 7.89. The van der Waals surface area contributed by atoms with Crippen LogP contribution >= 0.6 is 0 Å². The molecule has 6 nitrogen and oxygen atoms in total. The molecule has 25 heavy (non-hydrogen) atoms. The molecule has 0 N–H and O–H groups in total. The second kappa shape index (κ2) is 6.90. The predicted molar refractivity (Wildman–Crippen MR) is 97.7 cm³/mol. The zero-order valence-electron chi connectivity index (χ0n) is 15.4. The number of anilines is 1. The Morgan fingerprint density at radius 3 is 2.84 bits per heavy atom. The predicted octanol–water partition coefficient (Wildman–Crippen LogP) is 1.49. The minimum Gasteiger partial charge on any atom is -0.352 e. The van der Waals surface area contributed by atoms with Gasteiger partial charge in [0.1, 0.15) is 0 Å². The fourth-order valence-corrected chi connectivity index (χ4v) is 4.48. The summed E-state index contributed by atoms with van der Waals surface area (Å²) < 4.78 is 0. The van der Waals surface area contributed by atoms with Crippen molar-refractivity contribution >= 4 is 11.7 Å². The van der Waals surface area contributed by atoms with Gasteiger partial charge in [0.25, 0.3) is 0 Å². The first-order valence-corrected chi connectivity index (χ1v) is 9.69. The SMILES string of the molecule is CC(=O)N1CCCC1CN(C)C1CN(c2cc3c(nn2)CCCC3)C1. The van der Waals surface area contributed by atoms with Crippen LogP contribution in [0.25, 0.3) is 0 Å². The van der Waals surface area contributed by atoms with Crippen molar-refractivity contribution in [2.75, 3.05) is 38.1 Å². The number of hydrogen-bond donors (Lipinski definition) is 0. The highest BCUT2D eigenvalue weighted by molar-refractivity contribution is 5.73. The lowest BCUT2D eigenvalue weighted by atomic mass is 9.96. The van der Waals surface area contributed by atoms with E-state index in [-0.39, 0.29) is 5.91 Å². The molecule has 136 valence electrons. The summed E-state index contributed by atoms with van der Waals surface area (Å²) in [6.07, 6.45) is 7.03. The highest BCUT2D eigenvalue weighted by Crippen LogP contribution is 2.27. The van der Waals surface area contributed by atoms with Crippen molar-refractivity contribution < 1.29 is 4.79 Å². The van der Waals surface area contributed by atoms with E-state index < -0.39 is 0 Å². The molecule has 0 spiro atoms. The van der Waals surface area contributed by atoms with Crippen LogP contribution in [0, 0.1) is 0 Å². The van der Waals surface area contributed by atoms with Crippen LogP contribution in [-0.2, 0) is 17.6 Å². The molecule has 1 amide bonds. The Morgan fingerprint density at radius 1 is 1.24 bits per heavy atom. The van der Waals surface area contributed by atoms with Crippen molar-refractivity contribution in [1.29, 1.82) is 0 Å². The number of likely N-dealkylation sites (tertiary alicyclic amines) is 1. The summed E-state index contributed by atoms with van der Waals surface area (Å²) >= 11 is 0. The van der Waals surface area contributed by atoms with Gasteiger partial charge in [-0.15, -0.1) is 5.10 Å². The van der Waals surface area contributed by atoms with E-state index in [2.05, 4.69) is 33.1 Å². The molecule has 1 aromatic rings. The Labute approximate surface area is 150 Å². The molecule has 1 atom stereocenters. The molecule has 1 aromatic heterocycles. The van der Waals surface area contributed by atoms with Crippen LogP contribution in [0.3, 0.4) is 0 Å². The molecule has 6 heteroatoms. The molecule has 2 saturated heterocycles. The molecule has 2 aliphatic heterocycles. The average molecular weight is 343 g/mol. The van der Waals surface area contributed by atoms with Gasteiger partial charge in [-0.05, 0) is 57.2 Å². The number of nitrogens with zero attached hydrogens (tertiary/aromatic N) is 5. The lowest BCUT2D eigenvalue weighted by Crippen LogP contribution is -2.60. The third-order valence-electron chi connectivity index (χ3n) is 6.15. The summed E-state index contributed by atoms with van der Waals surface area (Å²) in [6.45, 7) is 5.62. The van der Waals surface area contributed by atoms with Gasteiger partial charge < -0.3 is 9.80 Å². The maximum Gasteiger partial charge on any atom is 0.219 e. The highest BCUT2D eigenvalue weighted by Gasteiger charge is 2.35. The molecule has 3 aliphatic rings. The fraction of sp³-hybridized carbons (Fsp3) is 0.737. The van der Waals surface area contributed by atoms with E-state index in [0.29, 0.717) is 12.1 Å². The van der Waals surface area contributed by atoms with Gasteiger partial charge in [0.05, 0.1) is 5.69 Å². The molecule has 0 bridgehead atoms. The fourth-order valence-electron chi connectivity index (χ4n) is 4.48. The first-order chi connectivity index (χ1) is 12.1. The molecular formula is C19H29N5O. The zero-order valence-corrected chi connectivity index (χ0v) is 15.4. The molecule has 3 heterocycles. The summed E-state index contributed by atoms with van der Waals surface area (Å²) in [5.41, 5.74) is 2.60. The number of hydrogen-bond acceptors (Lipinski definition) is 5. The standard InChI is InChI=1S/C19H29N5O/c1-14(25)24-9-5-7-16(24)11-22(2)17-12-23(13-17)19-10-15-6-3-4-8-18(15)20-21-19/h10,16-17H,3-9,11-13H2,1-2H3. The number of fused-ring (bicyclic) bond motifs is 1. The van der Waals surface area contributed by atoms with E-state index in [0.717, 1.165) is 57.7 Å². The monoisotopic (exact) mass is 343 g/mol. The molecule has 1 unspecified atom stereocenters. The molecule has 0 aromatic carbocycles. The molecule has 4 rings (SSSR count). The van der Waals surface area contributed by atoms with Crippen molar-refractivity contribution in [1.82, 2.24) is 20.0 Å². The second-order valence-electron chi connectivity index (χ2n) is 7.89. The van der Waals surface area contributed by atoms with E-state index in [1.165, 1.54) is 24.1 Å². The van der Waals surface area contributed by atoms with Crippen LogP contribution < -0.4 is 4.90 Å². The quantitative estimate of drug-likeness (QED) is 0.829. The van der Waals surface area contributed by atoms with Crippen molar-refractivity contribution in [3.63, 3.8) is 0 Å². The largest absolute Gasteiger partial charge is 0.352 e. The Bertz CT molecular complexity index is 643. The number of aryl methyl sites for hydroxylation is 2. The minimum atomic E-state index is 0.218. The van der Waals surface area contributed by atoms with Crippen LogP contribution in [0.4, 0.5) is 5.82 Å². The molecule has 0 saturated carbocycles. The summed E-state index contributed by atoms with van der Waals surface area (Å²) in [7, 11) is 2.19. The van der Waals surface area contributed by atoms with E-state index in [4.69, 9.17) is 0 Å². The molecule has 0 radical (unpaired) electrons. The van der Waals surface area contributed by atoms with E-state index in [1.54, 1.807) is 6.92 Å². The number of likely N-dealkylation sites (N-methyl/N-ethyl adjacent to an activating group) is 1. The van der Waals surface area contributed by atoms with Gasteiger partial charge in [0.15, 0.2) is 5.82 Å². The maximum absolute atomic E-state index is 11.7. The van der Waals surface area contributed by atoms with Gasteiger partial charge in [-0.1, -0.05) is 0 Å². The highest BCUT2D eigenvalue weighted by atomic mass is 16.2. The van der Waals surface area contributed by atoms with Crippen LogP contribution in [0.15, 0.2) is 6.07 Å². The third-order valence-corrected chi connectivity index (χ3v) is 6.15. The van der Waals surface area contributed by atoms with E-state index >= 15 is 0 Å². The number of aromatic nitrogens is 2. The molecule has 2 fully saturated rings. The van der Waals surface area contributed by atoms with Gasteiger partial charge in [-0.2, -0.15) is 5.10 Å². The van der Waals surface area contributed by atoms with E-state index in [1.807, 2.05) is 4.90 Å². The van der Waals surface area contributed by atoms with Crippen LogP contribution in [0.1, 0.15) is 43.9 Å². The first kappa shape index (κ1) is 16.8. The first-order valence-electron chi connectivity index (χ1n) is 9.69. The molecule has 1 aliphatic carbocycles. The van der Waals surface area contributed by atoms with Crippen LogP contribution in [0.2, 0.25) is 0 Å². The summed E-state index contributed by atoms with van der Waals surface area (Å²) in [5.74, 6) is 1.26. The Morgan fingerprint density at radius 2 is 2.04 bits per heavy atom. The van der Waals surface area contributed by atoms with Crippen LogP contribution in [0.5, 0.6) is 0 Å². The smallest absolute Gasteiger partial charge is 0.219 e. The third kappa shape index (κ3) is 3.36. The Kier molecular flexibility index (Phi) is 4.63.